The summed E-state index contributed by atoms with van der Waals surface area (Å²) in [5.41, 5.74) is 3.73. The lowest BCUT2D eigenvalue weighted by molar-refractivity contribution is 0.0600. The molecule has 0 atom stereocenters. The van der Waals surface area contributed by atoms with Crippen molar-refractivity contribution in [1.29, 1.82) is 0 Å². The molecule has 0 radical (unpaired) electrons. The lowest BCUT2D eigenvalue weighted by Gasteiger charge is -2.14. The maximum atomic E-state index is 12.2. The number of amides is 1. The largest absolute Gasteiger partial charge is 0.465 e. The van der Waals surface area contributed by atoms with E-state index in [2.05, 4.69) is 15.4 Å². The van der Waals surface area contributed by atoms with Gasteiger partial charge in [-0.2, -0.15) is 0 Å². The highest BCUT2D eigenvalue weighted by Gasteiger charge is 2.11. The van der Waals surface area contributed by atoms with Gasteiger partial charge >= 0.3 is 5.97 Å². The van der Waals surface area contributed by atoms with Gasteiger partial charge in [0.25, 0.3) is 5.91 Å². The second kappa shape index (κ2) is 7.70. The Kier molecular flexibility index (Phi) is 5.65. The number of esters is 1. The average Bonchev–Trinajstić information content (AvgIpc) is 2.57. The molecule has 2 rings (SSSR count). The van der Waals surface area contributed by atoms with Crippen molar-refractivity contribution in [3.63, 3.8) is 0 Å². The Morgan fingerprint density at radius 2 is 1.50 bits per heavy atom. The standard InChI is InChI=1S/C18H18N2O3S/c1-11-5-4-6-12(2)15(11)19-18(24)20-16(21)13-7-9-14(10-8-13)17(22)23-3/h4-10H,1-3H3,(H2,19,20,21,24). The van der Waals surface area contributed by atoms with Crippen LogP contribution in [0.3, 0.4) is 0 Å². The average molecular weight is 342 g/mol. The van der Waals surface area contributed by atoms with E-state index >= 15 is 0 Å². The normalized spacial score (nSPS) is 9.96. The molecule has 0 aliphatic rings. The number of hydrogen-bond donors (Lipinski definition) is 2. The van der Waals surface area contributed by atoms with Gasteiger partial charge in [-0.25, -0.2) is 4.79 Å². The highest BCUT2D eigenvalue weighted by atomic mass is 32.1. The minimum absolute atomic E-state index is 0.217. The molecule has 124 valence electrons. The SMILES string of the molecule is COC(=O)c1ccc(C(=O)NC(=S)Nc2c(C)cccc2C)cc1. The van der Waals surface area contributed by atoms with Crippen molar-refractivity contribution in [2.45, 2.75) is 13.8 Å². The summed E-state index contributed by atoms with van der Waals surface area (Å²) in [4.78, 5) is 23.6. The number of hydrogen-bond acceptors (Lipinski definition) is 4. The lowest BCUT2D eigenvalue weighted by atomic mass is 10.1. The van der Waals surface area contributed by atoms with Crippen molar-refractivity contribution in [2.75, 3.05) is 12.4 Å². The summed E-state index contributed by atoms with van der Waals surface area (Å²) in [6.45, 7) is 3.93. The van der Waals surface area contributed by atoms with Gasteiger partial charge in [0.2, 0.25) is 0 Å². The van der Waals surface area contributed by atoms with E-state index in [9.17, 15) is 9.59 Å². The fourth-order valence-corrected chi connectivity index (χ4v) is 2.40. The number of anilines is 1. The lowest BCUT2D eigenvalue weighted by Crippen LogP contribution is -2.34. The van der Waals surface area contributed by atoms with E-state index in [1.807, 2.05) is 32.0 Å². The highest BCUT2D eigenvalue weighted by Crippen LogP contribution is 2.19. The Morgan fingerprint density at radius 1 is 0.958 bits per heavy atom. The first-order chi connectivity index (χ1) is 11.4. The molecule has 0 fully saturated rings. The summed E-state index contributed by atoms with van der Waals surface area (Å²) in [5.74, 6) is -0.802. The number of nitrogens with one attached hydrogen (secondary N) is 2. The van der Waals surface area contributed by atoms with E-state index in [0.29, 0.717) is 11.1 Å². The van der Waals surface area contributed by atoms with E-state index in [0.717, 1.165) is 16.8 Å². The molecule has 0 spiro atoms. The Labute approximate surface area is 146 Å². The van der Waals surface area contributed by atoms with Crippen LogP contribution in [0.1, 0.15) is 31.8 Å². The summed E-state index contributed by atoms with van der Waals surface area (Å²) in [7, 11) is 1.31. The third-order valence-corrected chi connectivity index (χ3v) is 3.72. The van der Waals surface area contributed by atoms with Crippen LogP contribution in [0.25, 0.3) is 0 Å². The Morgan fingerprint density at radius 3 is 2.04 bits per heavy atom. The molecule has 0 saturated heterocycles. The van der Waals surface area contributed by atoms with Crippen LogP contribution in [0.4, 0.5) is 5.69 Å². The van der Waals surface area contributed by atoms with Crippen LogP contribution < -0.4 is 10.6 Å². The second-order valence-electron chi connectivity index (χ2n) is 5.24. The monoisotopic (exact) mass is 342 g/mol. The smallest absolute Gasteiger partial charge is 0.337 e. The predicted octanol–water partition coefficient (Wildman–Crippen LogP) is 3.22. The Balaban J connectivity index is 2.04. The number of rotatable bonds is 3. The van der Waals surface area contributed by atoms with Crippen molar-refractivity contribution in [3.05, 3.63) is 64.7 Å². The topological polar surface area (TPSA) is 67.4 Å². The van der Waals surface area contributed by atoms with Crippen molar-refractivity contribution >= 4 is 34.9 Å². The summed E-state index contributed by atoms with van der Waals surface area (Å²) >= 11 is 5.20. The van der Waals surface area contributed by atoms with Crippen LogP contribution in [-0.4, -0.2) is 24.1 Å². The molecule has 0 heterocycles. The molecule has 2 N–H and O–H groups in total. The molecule has 2 aromatic carbocycles. The van der Waals surface area contributed by atoms with Gasteiger partial charge < -0.3 is 10.1 Å². The number of carbonyl (C=O) groups excluding carboxylic acids is 2. The first-order valence-electron chi connectivity index (χ1n) is 7.29. The van der Waals surface area contributed by atoms with Gasteiger partial charge in [0.1, 0.15) is 0 Å². The zero-order chi connectivity index (χ0) is 17.7. The van der Waals surface area contributed by atoms with E-state index in [-0.39, 0.29) is 11.0 Å². The van der Waals surface area contributed by atoms with Gasteiger partial charge in [-0.1, -0.05) is 18.2 Å². The van der Waals surface area contributed by atoms with Crippen LogP contribution in [0.2, 0.25) is 0 Å². The van der Waals surface area contributed by atoms with Crippen LogP contribution in [0.5, 0.6) is 0 Å². The van der Waals surface area contributed by atoms with Gasteiger partial charge in [-0.15, -0.1) is 0 Å². The second-order valence-corrected chi connectivity index (χ2v) is 5.65. The number of benzene rings is 2. The first kappa shape index (κ1) is 17.6. The van der Waals surface area contributed by atoms with E-state index < -0.39 is 5.97 Å². The Hall–Kier alpha value is -2.73. The third kappa shape index (κ3) is 4.17. The molecule has 2 aromatic rings. The number of ether oxygens (including phenoxy) is 1. The highest BCUT2D eigenvalue weighted by molar-refractivity contribution is 7.80. The van der Waals surface area contributed by atoms with Crippen LogP contribution in [0, 0.1) is 13.8 Å². The molecule has 6 heteroatoms. The molecular weight excluding hydrogens is 324 g/mol. The van der Waals surface area contributed by atoms with E-state index in [1.165, 1.54) is 19.2 Å². The summed E-state index contributed by atoms with van der Waals surface area (Å²) in [6.07, 6.45) is 0. The van der Waals surface area contributed by atoms with E-state index in [4.69, 9.17) is 12.2 Å². The van der Waals surface area contributed by atoms with Gasteiger partial charge in [0, 0.05) is 11.3 Å². The zero-order valence-electron chi connectivity index (χ0n) is 13.7. The molecule has 0 saturated carbocycles. The summed E-state index contributed by atoms with van der Waals surface area (Å²) < 4.78 is 4.62. The molecule has 0 aliphatic heterocycles. The zero-order valence-corrected chi connectivity index (χ0v) is 14.5. The van der Waals surface area contributed by atoms with Crippen LogP contribution >= 0.6 is 12.2 Å². The fourth-order valence-electron chi connectivity index (χ4n) is 2.21. The number of carbonyl (C=O) groups is 2. The number of methoxy groups -OCH3 is 1. The van der Waals surface area contributed by atoms with Gasteiger partial charge in [-0.3, -0.25) is 10.1 Å². The molecule has 0 aromatic heterocycles. The van der Waals surface area contributed by atoms with Gasteiger partial charge in [0.15, 0.2) is 5.11 Å². The van der Waals surface area contributed by atoms with E-state index in [1.54, 1.807) is 12.1 Å². The van der Waals surface area contributed by atoms with Crippen molar-refractivity contribution in [2.24, 2.45) is 0 Å². The minimum Gasteiger partial charge on any atom is -0.465 e. The van der Waals surface area contributed by atoms with Gasteiger partial charge in [0.05, 0.1) is 12.7 Å². The van der Waals surface area contributed by atoms with Gasteiger partial charge in [-0.05, 0) is 61.5 Å². The fraction of sp³-hybridized carbons (Fsp3) is 0.167. The minimum atomic E-state index is -0.450. The van der Waals surface area contributed by atoms with Crippen LogP contribution in [0.15, 0.2) is 42.5 Å². The maximum Gasteiger partial charge on any atom is 0.337 e. The van der Waals surface area contributed by atoms with Crippen molar-refractivity contribution in [3.8, 4) is 0 Å². The Bertz CT molecular complexity index is 765. The summed E-state index contributed by atoms with van der Waals surface area (Å²) in [5, 5.41) is 5.89. The molecular formula is C18H18N2O3S. The molecule has 0 unspecified atom stereocenters. The first-order valence-corrected chi connectivity index (χ1v) is 7.70. The molecule has 5 nitrogen and oxygen atoms in total. The number of para-hydroxylation sites is 1. The van der Waals surface area contributed by atoms with Crippen molar-refractivity contribution in [1.82, 2.24) is 5.32 Å². The van der Waals surface area contributed by atoms with Crippen LogP contribution in [-0.2, 0) is 4.74 Å². The van der Waals surface area contributed by atoms with Crippen molar-refractivity contribution < 1.29 is 14.3 Å². The molecule has 0 bridgehead atoms. The number of aryl methyl sites for hydroxylation is 2. The third-order valence-electron chi connectivity index (χ3n) is 3.51. The molecule has 1 amide bonds. The molecule has 0 aliphatic carbocycles. The maximum absolute atomic E-state index is 12.2. The number of thiocarbonyl (C=S) groups is 1. The molecule has 24 heavy (non-hydrogen) atoms. The quantitative estimate of drug-likeness (QED) is 0.662. The summed E-state index contributed by atoms with van der Waals surface area (Å²) in [6, 6.07) is 12.0. The predicted molar refractivity (Wildman–Crippen MR) is 97.4 cm³/mol.